The molecule has 0 heterocycles. The minimum atomic E-state index is -0.790. The molecule has 6 nitrogen and oxygen atoms in total. The van der Waals surface area contributed by atoms with Gasteiger partial charge < -0.3 is 20.3 Å². The predicted octanol–water partition coefficient (Wildman–Crippen LogP) is 13.3. The number of hydrogen-bond acceptors (Lipinski definition) is 5. The number of ether oxygens (including phenoxy) is 1. The van der Waals surface area contributed by atoms with E-state index in [1.54, 1.807) is 0 Å². The average Bonchev–Trinajstić information content (AvgIpc) is 3.18. The molecule has 0 spiro atoms. The van der Waals surface area contributed by atoms with Crippen molar-refractivity contribution in [3.63, 3.8) is 0 Å². The van der Waals surface area contributed by atoms with Crippen LogP contribution < -0.4 is 5.32 Å². The number of esters is 1. The molecule has 0 radical (unpaired) electrons. The van der Waals surface area contributed by atoms with Crippen molar-refractivity contribution >= 4 is 11.9 Å². The highest BCUT2D eigenvalue weighted by molar-refractivity contribution is 5.77. The predicted molar refractivity (Wildman–Crippen MR) is 236 cm³/mol. The SMILES string of the molecule is CC/C=C\C/C=C\C/C=C\C/C=C\C/C=C\CCCCCC(=O)OC(CCCCCCCCCC)CC(=O)NC(CO)C(O)CCCCCCCCCCC. The number of carbonyl (C=O) groups is 2. The van der Waals surface area contributed by atoms with Crippen LogP contribution in [0.1, 0.15) is 213 Å². The van der Waals surface area contributed by atoms with Gasteiger partial charge in [-0.25, -0.2) is 0 Å². The first-order valence-corrected chi connectivity index (χ1v) is 23.0. The standard InChI is InChI=1S/C49H87NO5/c1-4-7-10-13-16-19-20-21-22-23-24-25-26-27-28-30-33-36-39-42-49(54)55-45(40-37-34-31-18-15-12-9-6-3)43-48(53)50-46(44-51)47(52)41-38-35-32-29-17-14-11-8-5-2/h7,10,16,19,21-22,24-25,27-28,45-47,51-52H,4-6,8-9,11-15,17-18,20,23,26,29-44H2,1-3H3,(H,50,53)/b10-7-,19-16-,22-21-,25-24-,28-27-. The van der Waals surface area contributed by atoms with Gasteiger partial charge in [-0.2, -0.15) is 0 Å². The summed E-state index contributed by atoms with van der Waals surface area (Å²) in [5, 5.41) is 23.5. The van der Waals surface area contributed by atoms with E-state index in [-0.39, 0.29) is 24.9 Å². The first kappa shape index (κ1) is 52.6. The molecule has 0 fully saturated rings. The molecule has 3 unspecified atom stereocenters. The van der Waals surface area contributed by atoms with Gasteiger partial charge in [0.1, 0.15) is 6.10 Å². The van der Waals surface area contributed by atoms with Crippen LogP contribution >= 0.6 is 0 Å². The second-order valence-corrected chi connectivity index (χ2v) is 15.4. The monoisotopic (exact) mass is 770 g/mol. The normalized spacial score (nSPS) is 13.9. The van der Waals surface area contributed by atoms with Gasteiger partial charge >= 0.3 is 5.97 Å². The lowest BCUT2D eigenvalue weighted by Gasteiger charge is -2.24. The minimum Gasteiger partial charge on any atom is -0.462 e. The number of aliphatic hydroxyl groups excluding tert-OH is 2. The molecular formula is C49H87NO5. The lowest BCUT2D eigenvalue weighted by molar-refractivity contribution is -0.151. The fourth-order valence-corrected chi connectivity index (χ4v) is 6.63. The molecule has 0 saturated carbocycles. The van der Waals surface area contributed by atoms with E-state index >= 15 is 0 Å². The maximum atomic E-state index is 13.1. The number of aliphatic hydroxyl groups is 2. The Morgan fingerprint density at radius 1 is 0.545 bits per heavy atom. The van der Waals surface area contributed by atoms with Crippen LogP contribution in [0.25, 0.3) is 0 Å². The molecule has 0 saturated heterocycles. The summed E-state index contributed by atoms with van der Waals surface area (Å²) in [6.07, 6.45) is 51.5. The number of rotatable bonds is 40. The second kappa shape index (κ2) is 42.7. The topological polar surface area (TPSA) is 95.9 Å². The first-order chi connectivity index (χ1) is 27.0. The molecule has 0 aliphatic rings. The molecule has 3 atom stereocenters. The Morgan fingerprint density at radius 3 is 1.47 bits per heavy atom. The zero-order valence-electron chi connectivity index (χ0n) is 36.0. The molecule has 0 rings (SSSR count). The van der Waals surface area contributed by atoms with Gasteiger partial charge in [0.2, 0.25) is 5.91 Å². The third-order valence-electron chi connectivity index (χ3n) is 10.1. The van der Waals surface area contributed by atoms with Crippen molar-refractivity contribution in [1.29, 1.82) is 0 Å². The highest BCUT2D eigenvalue weighted by Gasteiger charge is 2.24. The Kier molecular flexibility index (Phi) is 40.8. The largest absolute Gasteiger partial charge is 0.462 e. The van der Waals surface area contributed by atoms with E-state index in [9.17, 15) is 19.8 Å². The third kappa shape index (κ3) is 38.2. The lowest BCUT2D eigenvalue weighted by atomic mass is 10.0. The molecule has 1 amide bonds. The molecule has 6 heteroatoms. The van der Waals surface area contributed by atoms with E-state index in [0.717, 1.165) is 96.3 Å². The lowest BCUT2D eigenvalue weighted by Crippen LogP contribution is -2.46. The van der Waals surface area contributed by atoms with Crippen LogP contribution in [0.5, 0.6) is 0 Å². The van der Waals surface area contributed by atoms with Crippen molar-refractivity contribution in [2.45, 2.75) is 232 Å². The first-order valence-electron chi connectivity index (χ1n) is 23.0. The van der Waals surface area contributed by atoms with E-state index < -0.39 is 18.2 Å². The molecule has 0 aromatic rings. The molecule has 0 aromatic heterocycles. The van der Waals surface area contributed by atoms with Crippen LogP contribution in [-0.2, 0) is 14.3 Å². The summed E-state index contributed by atoms with van der Waals surface area (Å²) in [4.78, 5) is 25.9. The van der Waals surface area contributed by atoms with Crippen molar-refractivity contribution in [2.75, 3.05) is 6.61 Å². The minimum absolute atomic E-state index is 0.0631. The zero-order chi connectivity index (χ0) is 40.3. The maximum Gasteiger partial charge on any atom is 0.306 e. The Labute approximate surface area is 339 Å². The summed E-state index contributed by atoms with van der Waals surface area (Å²) in [6, 6.07) is -0.705. The summed E-state index contributed by atoms with van der Waals surface area (Å²) in [7, 11) is 0. The molecular weight excluding hydrogens is 683 g/mol. The number of allylic oxidation sites excluding steroid dienone is 10. The highest BCUT2D eigenvalue weighted by atomic mass is 16.5. The van der Waals surface area contributed by atoms with Crippen LogP contribution in [0, 0.1) is 0 Å². The van der Waals surface area contributed by atoms with E-state index in [4.69, 9.17) is 4.74 Å². The number of carbonyl (C=O) groups excluding carboxylic acids is 2. The van der Waals surface area contributed by atoms with Crippen LogP contribution in [0.4, 0.5) is 0 Å². The average molecular weight is 770 g/mol. The summed E-state index contributed by atoms with van der Waals surface area (Å²) >= 11 is 0. The molecule has 55 heavy (non-hydrogen) atoms. The fraction of sp³-hybridized carbons (Fsp3) is 0.755. The Balaban J connectivity index is 4.52. The second-order valence-electron chi connectivity index (χ2n) is 15.4. The maximum absolute atomic E-state index is 13.1. The smallest absolute Gasteiger partial charge is 0.306 e. The van der Waals surface area contributed by atoms with Gasteiger partial charge in [-0.15, -0.1) is 0 Å². The molecule has 0 aliphatic heterocycles. The molecule has 0 aromatic carbocycles. The highest BCUT2D eigenvalue weighted by Crippen LogP contribution is 2.17. The molecule has 0 bridgehead atoms. The summed E-state index contributed by atoms with van der Waals surface area (Å²) in [6.45, 7) is 6.30. The van der Waals surface area contributed by atoms with Gasteiger partial charge in [0.25, 0.3) is 0 Å². The van der Waals surface area contributed by atoms with Crippen LogP contribution in [0.2, 0.25) is 0 Å². The van der Waals surface area contributed by atoms with Gasteiger partial charge in [-0.05, 0) is 70.6 Å². The number of nitrogens with one attached hydrogen (secondary N) is 1. The van der Waals surface area contributed by atoms with Crippen molar-refractivity contribution in [3.05, 3.63) is 60.8 Å². The third-order valence-corrected chi connectivity index (χ3v) is 10.1. The van der Waals surface area contributed by atoms with E-state index in [1.807, 2.05) is 0 Å². The van der Waals surface area contributed by atoms with Crippen molar-refractivity contribution in [2.24, 2.45) is 0 Å². The Bertz CT molecular complexity index is 999. The van der Waals surface area contributed by atoms with E-state index in [2.05, 4.69) is 86.8 Å². The number of amides is 1. The molecule has 3 N–H and O–H groups in total. The van der Waals surface area contributed by atoms with E-state index in [0.29, 0.717) is 19.3 Å². The van der Waals surface area contributed by atoms with Crippen molar-refractivity contribution < 1.29 is 24.5 Å². The van der Waals surface area contributed by atoms with Crippen LogP contribution in [0.15, 0.2) is 60.8 Å². The van der Waals surface area contributed by atoms with Gasteiger partial charge in [-0.1, -0.05) is 191 Å². The summed E-state index contributed by atoms with van der Waals surface area (Å²) < 4.78 is 5.87. The Morgan fingerprint density at radius 2 is 0.982 bits per heavy atom. The van der Waals surface area contributed by atoms with Crippen LogP contribution in [-0.4, -0.2) is 46.9 Å². The summed E-state index contributed by atoms with van der Waals surface area (Å²) in [5.41, 5.74) is 0. The van der Waals surface area contributed by atoms with Crippen molar-refractivity contribution in [1.82, 2.24) is 5.32 Å². The molecule has 318 valence electrons. The van der Waals surface area contributed by atoms with Gasteiger partial charge in [0, 0.05) is 6.42 Å². The van der Waals surface area contributed by atoms with Gasteiger partial charge in [-0.3, -0.25) is 9.59 Å². The van der Waals surface area contributed by atoms with Gasteiger partial charge in [0.15, 0.2) is 0 Å². The van der Waals surface area contributed by atoms with Crippen LogP contribution in [0.3, 0.4) is 0 Å². The van der Waals surface area contributed by atoms with Gasteiger partial charge in [0.05, 0.1) is 25.2 Å². The summed E-state index contributed by atoms with van der Waals surface area (Å²) in [5.74, 6) is -0.518. The van der Waals surface area contributed by atoms with Crippen molar-refractivity contribution in [3.8, 4) is 0 Å². The fourth-order valence-electron chi connectivity index (χ4n) is 6.63. The number of hydrogen-bond donors (Lipinski definition) is 3. The van der Waals surface area contributed by atoms with E-state index in [1.165, 1.54) is 70.6 Å². The molecule has 0 aliphatic carbocycles. The zero-order valence-corrected chi connectivity index (χ0v) is 36.0. The quantitative estimate of drug-likeness (QED) is 0.0328. The number of unbranched alkanes of at least 4 members (excludes halogenated alkanes) is 18. The Hall–Kier alpha value is -2.44.